The highest BCUT2D eigenvalue weighted by Gasteiger charge is 2.33. The molecule has 1 fully saturated rings. The topological polar surface area (TPSA) is 38.8 Å². The van der Waals surface area contributed by atoms with Gasteiger partial charge in [-0.25, -0.2) is 4.39 Å². The number of carbonyl (C=O) groups is 1. The maximum Gasteiger partial charge on any atom is 0.270 e. The van der Waals surface area contributed by atoms with Crippen LogP contribution in [0.15, 0.2) is 70.0 Å². The van der Waals surface area contributed by atoms with Gasteiger partial charge in [-0.05, 0) is 81.7 Å². The lowest BCUT2D eigenvalue weighted by atomic mass is 10.1. The van der Waals surface area contributed by atoms with Crippen LogP contribution < -0.4 is 14.4 Å². The normalized spacial score (nSPS) is 14.8. The SMILES string of the molecule is COc1cc(/C=C2\SC(=S)N(c3ccc(Cl)cc3)C2=O)cc(Br)c1OCc1cccc(F)c1. The fourth-order valence-corrected chi connectivity index (χ4v) is 5.18. The molecule has 0 atom stereocenters. The lowest BCUT2D eigenvalue weighted by molar-refractivity contribution is -0.113. The molecule has 0 bridgehead atoms. The van der Waals surface area contributed by atoms with Crippen molar-refractivity contribution in [1.29, 1.82) is 0 Å². The summed E-state index contributed by atoms with van der Waals surface area (Å²) >= 11 is 16.1. The maximum absolute atomic E-state index is 13.4. The Labute approximate surface area is 213 Å². The highest BCUT2D eigenvalue weighted by Crippen LogP contribution is 2.40. The zero-order chi connectivity index (χ0) is 23.5. The average molecular weight is 565 g/mol. The van der Waals surface area contributed by atoms with Crippen molar-refractivity contribution in [3.63, 3.8) is 0 Å². The van der Waals surface area contributed by atoms with Crippen LogP contribution in [0.1, 0.15) is 11.1 Å². The van der Waals surface area contributed by atoms with Gasteiger partial charge in [0.1, 0.15) is 12.4 Å². The number of carbonyl (C=O) groups excluding carboxylic acids is 1. The first-order valence-corrected chi connectivity index (χ1v) is 12.0. The van der Waals surface area contributed by atoms with Crippen LogP contribution in [0.25, 0.3) is 6.08 Å². The largest absolute Gasteiger partial charge is 0.493 e. The second kappa shape index (κ2) is 10.3. The number of thioether (sulfide) groups is 1. The number of hydrogen-bond acceptors (Lipinski definition) is 5. The molecule has 0 N–H and O–H groups in total. The van der Waals surface area contributed by atoms with Gasteiger partial charge in [0.25, 0.3) is 5.91 Å². The molecule has 1 saturated heterocycles. The minimum Gasteiger partial charge on any atom is -0.493 e. The first-order valence-electron chi connectivity index (χ1n) is 9.64. The average Bonchev–Trinajstić information content (AvgIpc) is 3.06. The van der Waals surface area contributed by atoms with E-state index >= 15 is 0 Å². The Balaban J connectivity index is 1.58. The Kier molecular flexibility index (Phi) is 7.38. The zero-order valence-corrected chi connectivity index (χ0v) is 21.2. The van der Waals surface area contributed by atoms with Gasteiger partial charge >= 0.3 is 0 Å². The molecule has 4 nitrogen and oxygen atoms in total. The van der Waals surface area contributed by atoms with Gasteiger partial charge in [0.15, 0.2) is 15.8 Å². The first-order chi connectivity index (χ1) is 15.9. The summed E-state index contributed by atoms with van der Waals surface area (Å²) in [6.45, 7) is 0.172. The van der Waals surface area contributed by atoms with Gasteiger partial charge in [-0.15, -0.1) is 0 Å². The van der Waals surface area contributed by atoms with Crippen molar-refractivity contribution < 1.29 is 18.7 Å². The second-order valence-electron chi connectivity index (χ2n) is 6.95. The highest BCUT2D eigenvalue weighted by molar-refractivity contribution is 9.10. The number of rotatable bonds is 6. The lowest BCUT2D eigenvalue weighted by Gasteiger charge is -2.14. The van der Waals surface area contributed by atoms with Crippen molar-refractivity contribution in [2.45, 2.75) is 6.61 Å². The first kappa shape index (κ1) is 23.8. The summed E-state index contributed by atoms with van der Waals surface area (Å²) in [5.74, 6) is 0.412. The van der Waals surface area contributed by atoms with Crippen LogP contribution in [0.4, 0.5) is 10.1 Å². The summed E-state index contributed by atoms with van der Waals surface area (Å²) in [4.78, 5) is 15.0. The van der Waals surface area contributed by atoms with E-state index in [9.17, 15) is 9.18 Å². The third-order valence-electron chi connectivity index (χ3n) is 4.70. The van der Waals surface area contributed by atoms with Crippen molar-refractivity contribution in [1.82, 2.24) is 0 Å². The molecule has 33 heavy (non-hydrogen) atoms. The molecule has 0 aromatic heterocycles. The molecule has 0 aliphatic carbocycles. The number of thiocarbonyl (C=S) groups is 1. The molecule has 168 valence electrons. The molecule has 0 unspecified atom stereocenters. The molecule has 1 aliphatic heterocycles. The minimum atomic E-state index is -0.326. The fourth-order valence-electron chi connectivity index (χ4n) is 3.18. The summed E-state index contributed by atoms with van der Waals surface area (Å²) in [5.41, 5.74) is 2.08. The Morgan fingerprint density at radius 3 is 2.64 bits per heavy atom. The number of methoxy groups -OCH3 is 1. The van der Waals surface area contributed by atoms with Crippen LogP contribution in [-0.4, -0.2) is 17.3 Å². The smallest absolute Gasteiger partial charge is 0.270 e. The van der Waals surface area contributed by atoms with E-state index in [0.29, 0.717) is 41.5 Å². The number of hydrogen-bond donors (Lipinski definition) is 0. The van der Waals surface area contributed by atoms with E-state index in [1.807, 2.05) is 6.07 Å². The summed E-state index contributed by atoms with van der Waals surface area (Å²) in [7, 11) is 1.53. The van der Waals surface area contributed by atoms with Gasteiger partial charge < -0.3 is 9.47 Å². The molecular formula is C24H16BrClFNO3S2. The van der Waals surface area contributed by atoms with Crippen LogP contribution in [0.5, 0.6) is 11.5 Å². The molecule has 0 spiro atoms. The summed E-state index contributed by atoms with van der Waals surface area (Å²) < 4.78 is 25.9. The van der Waals surface area contributed by atoms with Gasteiger partial charge in [0.2, 0.25) is 0 Å². The molecule has 1 aliphatic rings. The van der Waals surface area contributed by atoms with Crippen molar-refractivity contribution in [2.75, 3.05) is 12.0 Å². The molecule has 1 heterocycles. The van der Waals surface area contributed by atoms with Gasteiger partial charge in [-0.3, -0.25) is 9.69 Å². The molecular weight excluding hydrogens is 549 g/mol. The highest BCUT2D eigenvalue weighted by atomic mass is 79.9. The summed E-state index contributed by atoms with van der Waals surface area (Å²) in [6, 6.07) is 16.7. The van der Waals surface area contributed by atoms with Crippen LogP contribution in [0.3, 0.4) is 0 Å². The summed E-state index contributed by atoms with van der Waals surface area (Å²) in [5, 5.41) is 0.580. The number of amides is 1. The van der Waals surface area contributed by atoms with E-state index in [-0.39, 0.29) is 18.3 Å². The molecule has 0 radical (unpaired) electrons. The predicted molar refractivity (Wildman–Crippen MR) is 139 cm³/mol. The van der Waals surface area contributed by atoms with Crippen LogP contribution in [-0.2, 0) is 11.4 Å². The van der Waals surface area contributed by atoms with E-state index in [0.717, 1.165) is 5.56 Å². The van der Waals surface area contributed by atoms with Crippen molar-refractivity contribution in [2.24, 2.45) is 0 Å². The summed E-state index contributed by atoms with van der Waals surface area (Å²) in [6.07, 6.45) is 1.75. The minimum absolute atomic E-state index is 0.172. The van der Waals surface area contributed by atoms with Gasteiger partial charge in [0.05, 0.1) is 22.2 Å². The monoisotopic (exact) mass is 563 g/mol. The number of benzene rings is 3. The second-order valence-corrected chi connectivity index (χ2v) is 9.91. The third-order valence-corrected chi connectivity index (χ3v) is 6.84. The van der Waals surface area contributed by atoms with Crippen LogP contribution >= 0.6 is 51.5 Å². The maximum atomic E-state index is 13.4. The van der Waals surface area contributed by atoms with Crippen molar-refractivity contribution in [3.8, 4) is 11.5 Å². The quantitative estimate of drug-likeness (QED) is 0.233. The number of ether oxygens (including phenoxy) is 2. The predicted octanol–water partition coefficient (Wildman–Crippen LogP) is 7.24. The number of halogens is 3. The lowest BCUT2D eigenvalue weighted by Crippen LogP contribution is -2.27. The van der Waals surface area contributed by atoms with E-state index in [4.69, 9.17) is 33.3 Å². The Hall–Kier alpha value is -2.39. The van der Waals surface area contributed by atoms with Crippen LogP contribution in [0.2, 0.25) is 5.02 Å². The Morgan fingerprint density at radius 1 is 1.18 bits per heavy atom. The Bertz CT molecular complexity index is 1270. The number of nitrogens with zero attached hydrogens (tertiary/aromatic N) is 1. The van der Waals surface area contributed by atoms with Gasteiger partial charge in [-0.2, -0.15) is 0 Å². The van der Waals surface area contributed by atoms with Crippen molar-refractivity contribution in [3.05, 3.63) is 92.0 Å². The molecule has 9 heteroatoms. The molecule has 1 amide bonds. The third kappa shape index (κ3) is 5.41. The van der Waals surface area contributed by atoms with Gasteiger partial charge in [-0.1, -0.05) is 47.7 Å². The Morgan fingerprint density at radius 2 is 1.94 bits per heavy atom. The molecule has 0 saturated carbocycles. The molecule has 3 aromatic carbocycles. The van der Waals surface area contributed by atoms with E-state index in [1.54, 1.807) is 48.5 Å². The molecule has 3 aromatic rings. The standard InChI is InChI=1S/C24H16BrClFNO3S2/c1-30-20-11-15(10-19(25)22(20)31-13-14-3-2-4-17(27)9-14)12-21-23(29)28(24(32)33-21)18-7-5-16(26)6-8-18/h2-12H,13H2,1H3/b21-12-. The van der Waals surface area contributed by atoms with Crippen LogP contribution in [0, 0.1) is 5.82 Å². The van der Waals surface area contributed by atoms with E-state index in [2.05, 4.69) is 15.9 Å². The fraction of sp³-hybridized carbons (Fsp3) is 0.0833. The molecule has 4 rings (SSSR count). The number of anilines is 1. The van der Waals surface area contributed by atoms with Gasteiger partial charge in [0, 0.05) is 5.02 Å². The van der Waals surface area contributed by atoms with E-state index in [1.165, 1.54) is 35.9 Å². The van der Waals surface area contributed by atoms with Crippen molar-refractivity contribution >= 4 is 73.5 Å². The van der Waals surface area contributed by atoms with E-state index < -0.39 is 0 Å². The zero-order valence-electron chi connectivity index (χ0n) is 17.2.